The molecule has 0 unspecified atom stereocenters. The molecule has 1 amide bonds. The molecule has 0 saturated carbocycles. The first kappa shape index (κ1) is 23.5. The molecule has 8 heteroatoms. The lowest BCUT2D eigenvalue weighted by molar-refractivity contribution is -0.128. The molecule has 1 N–H and O–H groups in total. The highest BCUT2D eigenvalue weighted by Gasteiger charge is 2.19. The molecule has 3 rings (SSSR count). The first-order valence-electron chi connectivity index (χ1n) is 9.54. The molecule has 158 valence electrons. The Bertz CT molecular complexity index is 849. The highest BCUT2D eigenvalue weighted by atomic mass is 127. The molecule has 29 heavy (non-hydrogen) atoms. The molecular formula is C21H29ClIN5O. The smallest absolute Gasteiger partial charge is 0.222 e. The molecule has 1 aromatic heterocycles. The number of likely N-dealkylation sites (tertiary alicyclic amines) is 1. The average Bonchev–Trinajstić information content (AvgIpc) is 3.21. The minimum atomic E-state index is 0. The normalized spacial score (nSPS) is 14.1. The highest BCUT2D eigenvalue weighted by molar-refractivity contribution is 14.0. The SMILES string of the molecule is CN=C(NCc1ccc(CN2CCCC2=O)cc1)N(C)Cc1cc(Cl)cn1C.I. The largest absolute Gasteiger partial charge is 0.352 e. The van der Waals surface area contributed by atoms with Crippen LogP contribution in [0.2, 0.25) is 5.02 Å². The van der Waals surface area contributed by atoms with Gasteiger partial charge in [0.1, 0.15) is 0 Å². The van der Waals surface area contributed by atoms with Gasteiger partial charge in [0, 0.05) is 59.1 Å². The van der Waals surface area contributed by atoms with Crippen LogP contribution in [-0.2, 0) is 31.5 Å². The fourth-order valence-corrected chi connectivity index (χ4v) is 3.73. The van der Waals surface area contributed by atoms with Crippen LogP contribution in [-0.4, -0.2) is 46.9 Å². The monoisotopic (exact) mass is 529 g/mol. The van der Waals surface area contributed by atoms with Crippen LogP contribution < -0.4 is 5.32 Å². The highest BCUT2D eigenvalue weighted by Crippen LogP contribution is 2.16. The van der Waals surface area contributed by atoms with Crippen LogP contribution in [0.15, 0.2) is 41.5 Å². The van der Waals surface area contributed by atoms with Crippen LogP contribution in [0.5, 0.6) is 0 Å². The number of nitrogens with one attached hydrogen (secondary N) is 1. The Hall–Kier alpha value is -1.74. The molecule has 2 heterocycles. The first-order chi connectivity index (χ1) is 13.5. The third-order valence-electron chi connectivity index (χ3n) is 5.07. The predicted octanol–water partition coefficient (Wildman–Crippen LogP) is 3.63. The quantitative estimate of drug-likeness (QED) is 0.353. The Kier molecular flexibility index (Phi) is 8.82. The molecule has 0 atom stereocenters. The van der Waals surface area contributed by atoms with E-state index in [0.29, 0.717) is 26.1 Å². The average molecular weight is 530 g/mol. The Morgan fingerprint density at radius 2 is 1.97 bits per heavy atom. The van der Waals surface area contributed by atoms with Crippen LogP contribution in [0, 0.1) is 0 Å². The topological polar surface area (TPSA) is 52.9 Å². The van der Waals surface area contributed by atoms with Crippen LogP contribution in [0.4, 0.5) is 0 Å². The zero-order chi connectivity index (χ0) is 20.1. The fourth-order valence-electron chi connectivity index (χ4n) is 3.46. The maximum absolute atomic E-state index is 11.8. The van der Waals surface area contributed by atoms with Crippen LogP contribution in [0.1, 0.15) is 29.7 Å². The van der Waals surface area contributed by atoms with Gasteiger partial charge in [-0.05, 0) is 23.6 Å². The number of carbonyl (C=O) groups is 1. The van der Waals surface area contributed by atoms with Gasteiger partial charge in [0.15, 0.2) is 5.96 Å². The first-order valence-corrected chi connectivity index (χ1v) is 9.92. The van der Waals surface area contributed by atoms with E-state index in [0.717, 1.165) is 29.6 Å². The Balaban J connectivity index is 0.00000300. The van der Waals surface area contributed by atoms with E-state index in [9.17, 15) is 4.79 Å². The van der Waals surface area contributed by atoms with Crippen molar-refractivity contribution in [2.75, 3.05) is 20.6 Å². The van der Waals surface area contributed by atoms with Crippen molar-refractivity contribution in [1.29, 1.82) is 0 Å². The number of aryl methyl sites for hydroxylation is 1. The van der Waals surface area contributed by atoms with E-state index in [2.05, 4.69) is 39.5 Å². The van der Waals surface area contributed by atoms with Gasteiger partial charge in [-0.3, -0.25) is 9.79 Å². The summed E-state index contributed by atoms with van der Waals surface area (Å²) in [6, 6.07) is 10.4. The summed E-state index contributed by atoms with van der Waals surface area (Å²) in [4.78, 5) is 20.1. The van der Waals surface area contributed by atoms with E-state index in [1.54, 1.807) is 7.05 Å². The zero-order valence-corrected chi connectivity index (χ0v) is 20.3. The molecule has 0 bridgehead atoms. The van der Waals surface area contributed by atoms with Crippen molar-refractivity contribution < 1.29 is 4.79 Å². The van der Waals surface area contributed by atoms with E-state index in [-0.39, 0.29) is 29.9 Å². The number of carbonyl (C=O) groups excluding carboxylic acids is 1. The second-order valence-electron chi connectivity index (χ2n) is 7.25. The predicted molar refractivity (Wildman–Crippen MR) is 129 cm³/mol. The second kappa shape index (κ2) is 10.9. The molecule has 1 fully saturated rings. The van der Waals surface area contributed by atoms with Crippen LogP contribution >= 0.6 is 35.6 Å². The summed E-state index contributed by atoms with van der Waals surface area (Å²) in [6.07, 6.45) is 3.56. The lowest BCUT2D eigenvalue weighted by Gasteiger charge is -2.22. The van der Waals surface area contributed by atoms with Gasteiger partial charge >= 0.3 is 0 Å². The summed E-state index contributed by atoms with van der Waals surface area (Å²) < 4.78 is 2.02. The van der Waals surface area contributed by atoms with E-state index >= 15 is 0 Å². The third kappa shape index (κ3) is 6.37. The van der Waals surface area contributed by atoms with Crippen molar-refractivity contribution in [3.05, 3.63) is 58.4 Å². The number of nitrogens with zero attached hydrogens (tertiary/aromatic N) is 4. The van der Waals surface area contributed by atoms with Gasteiger partial charge < -0.3 is 19.7 Å². The van der Waals surface area contributed by atoms with E-state index in [1.165, 1.54) is 11.1 Å². The van der Waals surface area contributed by atoms with Gasteiger partial charge in [-0.15, -0.1) is 24.0 Å². The molecule has 0 aliphatic carbocycles. The van der Waals surface area contributed by atoms with Crippen LogP contribution in [0.3, 0.4) is 0 Å². The summed E-state index contributed by atoms with van der Waals surface area (Å²) in [5, 5.41) is 4.14. The summed E-state index contributed by atoms with van der Waals surface area (Å²) in [5.41, 5.74) is 3.46. The van der Waals surface area contributed by atoms with Crippen LogP contribution in [0.25, 0.3) is 0 Å². The van der Waals surface area contributed by atoms with Crippen molar-refractivity contribution in [1.82, 2.24) is 19.7 Å². The van der Waals surface area contributed by atoms with E-state index in [4.69, 9.17) is 11.6 Å². The third-order valence-corrected chi connectivity index (χ3v) is 5.27. The number of aliphatic imine (C=N–C) groups is 1. The molecule has 1 aliphatic rings. The number of hydrogen-bond donors (Lipinski definition) is 1. The fraction of sp³-hybridized carbons (Fsp3) is 0.429. The van der Waals surface area contributed by atoms with E-state index < -0.39 is 0 Å². The number of halogens is 2. The van der Waals surface area contributed by atoms with E-state index in [1.807, 2.05) is 35.8 Å². The molecule has 1 aromatic carbocycles. The zero-order valence-electron chi connectivity index (χ0n) is 17.2. The Morgan fingerprint density at radius 3 is 2.52 bits per heavy atom. The van der Waals surface area contributed by atoms with Crippen molar-refractivity contribution in [2.24, 2.45) is 12.0 Å². The molecule has 0 spiro atoms. The molecular weight excluding hydrogens is 501 g/mol. The van der Waals surface area contributed by atoms with Crippen molar-refractivity contribution in [3.63, 3.8) is 0 Å². The number of hydrogen-bond acceptors (Lipinski definition) is 2. The Morgan fingerprint density at radius 1 is 1.28 bits per heavy atom. The maximum atomic E-state index is 11.8. The standard InChI is InChI=1S/C21H28ClN5O.HI/c1-23-21(26(3)15-19-11-18(22)14-25(19)2)24-12-16-6-8-17(9-7-16)13-27-10-4-5-20(27)28;/h6-9,11,14H,4-5,10,12-13,15H2,1-3H3,(H,23,24);1H. The molecule has 0 radical (unpaired) electrons. The van der Waals surface area contributed by atoms with Crippen molar-refractivity contribution in [3.8, 4) is 0 Å². The lowest BCUT2D eigenvalue weighted by Crippen LogP contribution is -2.38. The summed E-state index contributed by atoms with van der Waals surface area (Å²) in [5.74, 6) is 1.08. The molecule has 1 aliphatic heterocycles. The molecule has 1 saturated heterocycles. The molecule has 6 nitrogen and oxygen atoms in total. The van der Waals surface area contributed by atoms with Gasteiger partial charge in [0.25, 0.3) is 0 Å². The minimum Gasteiger partial charge on any atom is -0.352 e. The second-order valence-corrected chi connectivity index (χ2v) is 7.69. The minimum absolute atomic E-state index is 0. The van der Waals surface area contributed by atoms with Gasteiger partial charge in [-0.1, -0.05) is 35.9 Å². The van der Waals surface area contributed by atoms with Gasteiger partial charge in [-0.25, -0.2) is 0 Å². The maximum Gasteiger partial charge on any atom is 0.222 e. The number of aromatic nitrogens is 1. The van der Waals surface area contributed by atoms with Crippen molar-refractivity contribution in [2.45, 2.75) is 32.5 Å². The van der Waals surface area contributed by atoms with Gasteiger partial charge in [0.05, 0.1) is 11.6 Å². The van der Waals surface area contributed by atoms with Gasteiger partial charge in [0.2, 0.25) is 5.91 Å². The van der Waals surface area contributed by atoms with Crippen molar-refractivity contribution >= 4 is 47.4 Å². The number of benzene rings is 1. The number of amides is 1. The number of rotatable bonds is 6. The van der Waals surface area contributed by atoms with Gasteiger partial charge in [-0.2, -0.15) is 0 Å². The Labute approximate surface area is 194 Å². The number of guanidine groups is 1. The summed E-state index contributed by atoms with van der Waals surface area (Å²) in [7, 11) is 5.78. The summed E-state index contributed by atoms with van der Waals surface area (Å²) >= 11 is 6.07. The molecule has 2 aromatic rings. The summed E-state index contributed by atoms with van der Waals surface area (Å²) in [6.45, 7) is 2.98. The lowest BCUT2D eigenvalue weighted by atomic mass is 10.1.